The lowest BCUT2D eigenvalue weighted by Gasteiger charge is -2.26. The number of amides is 1. The van der Waals surface area contributed by atoms with E-state index in [1.54, 1.807) is 0 Å². The van der Waals surface area contributed by atoms with Crippen LogP contribution in [-0.2, 0) is 4.79 Å². The maximum absolute atomic E-state index is 12.3. The van der Waals surface area contributed by atoms with Gasteiger partial charge in [0, 0.05) is 19.1 Å². The van der Waals surface area contributed by atoms with E-state index in [0.29, 0.717) is 5.91 Å². The normalized spacial score (nSPS) is 28.4. The zero-order chi connectivity index (χ0) is 13.1. The molecule has 0 aromatic heterocycles. The second-order valence-corrected chi connectivity index (χ2v) is 5.68. The molecule has 2 rings (SSSR count). The van der Waals surface area contributed by atoms with E-state index in [4.69, 9.17) is 0 Å². The Morgan fingerprint density at radius 2 is 2.11 bits per heavy atom. The fraction of sp³-hybridized carbons (Fsp3) is 0.929. The molecule has 4 nitrogen and oxygen atoms in total. The summed E-state index contributed by atoms with van der Waals surface area (Å²) in [6.07, 6.45) is 6.01. The first kappa shape index (κ1) is 13.8. The molecule has 0 aromatic rings. The van der Waals surface area contributed by atoms with E-state index in [-0.39, 0.29) is 12.2 Å². The summed E-state index contributed by atoms with van der Waals surface area (Å²) in [4.78, 5) is 16.7. The number of nitrogens with one attached hydrogen (secondary N) is 1. The minimum Gasteiger partial charge on any atom is -0.325 e. The fourth-order valence-corrected chi connectivity index (χ4v) is 2.78. The Balaban J connectivity index is 1.87. The van der Waals surface area contributed by atoms with E-state index >= 15 is 0 Å². The largest absolute Gasteiger partial charge is 0.325 e. The molecule has 0 spiro atoms. The van der Waals surface area contributed by atoms with E-state index in [2.05, 4.69) is 36.0 Å². The summed E-state index contributed by atoms with van der Waals surface area (Å²) < 4.78 is 0. The average Bonchev–Trinajstić information content (AvgIpc) is 3.15. The number of likely N-dealkylation sites (N-methyl/N-ethyl adjacent to an activating group) is 1. The van der Waals surface area contributed by atoms with Crippen LogP contribution < -0.4 is 5.32 Å². The minimum absolute atomic E-state index is 0.0489. The number of carbonyl (C=O) groups excluding carboxylic acids is 1. The minimum atomic E-state index is 0.0489. The monoisotopic (exact) mass is 253 g/mol. The van der Waals surface area contributed by atoms with Gasteiger partial charge >= 0.3 is 0 Å². The van der Waals surface area contributed by atoms with Crippen molar-refractivity contribution in [2.45, 2.75) is 64.2 Å². The van der Waals surface area contributed by atoms with Crippen molar-refractivity contribution in [3.63, 3.8) is 0 Å². The number of hydrogen-bond donors (Lipinski definition) is 1. The third-order valence-corrected chi connectivity index (χ3v) is 4.19. The van der Waals surface area contributed by atoms with Crippen LogP contribution in [0, 0.1) is 0 Å². The van der Waals surface area contributed by atoms with Crippen molar-refractivity contribution in [3.05, 3.63) is 0 Å². The van der Waals surface area contributed by atoms with E-state index in [1.165, 1.54) is 12.8 Å². The van der Waals surface area contributed by atoms with Crippen LogP contribution in [0.5, 0.6) is 0 Å². The summed E-state index contributed by atoms with van der Waals surface area (Å²) >= 11 is 0. The van der Waals surface area contributed by atoms with Crippen LogP contribution in [0.4, 0.5) is 0 Å². The van der Waals surface area contributed by atoms with Crippen molar-refractivity contribution in [1.29, 1.82) is 0 Å². The van der Waals surface area contributed by atoms with Gasteiger partial charge in [-0.2, -0.15) is 0 Å². The molecule has 0 radical (unpaired) electrons. The Morgan fingerprint density at radius 1 is 1.39 bits per heavy atom. The van der Waals surface area contributed by atoms with Crippen LogP contribution in [0.1, 0.15) is 46.0 Å². The topological polar surface area (TPSA) is 35.6 Å². The van der Waals surface area contributed by atoms with Crippen LogP contribution >= 0.6 is 0 Å². The molecule has 1 N–H and O–H groups in total. The van der Waals surface area contributed by atoms with Gasteiger partial charge in [0.25, 0.3) is 0 Å². The SMILES string of the molecule is CCCC1NC(CC)C(=O)N1CCN(C)C1CC1. The zero-order valence-corrected chi connectivity index (χ0v) is 12.0. The molecule has 2 atom stereocenters. The lowest BCUT2D eigenvalue weighted by atomic mass is 10.2. The molecule has 0 bridgehead atoms. The number of rotatable bonds is 7. The highest BCUT2D eigenvalue weighted by Gasteiger charge is 2.37. The van der Waals surface area contributed by atoms with Crippen LogP contribution in [0.2, 0.25) is 0 Å². The van der Waals surface area contributed by atoms with Gasteiger partial charge in [-0.25, -0.2) is 0 Å². The van der Waals surface area contributed by atoms with Crippen LogP contribution in [0.15, 0.2) is 0 Å². The van der Waals surface area contributed by atoms with E-state index in [1.807, 2.05) is 0 Å². The van der Waals surface area contributed by atoms with Gasteiger partial charge < -0.3 is 9.80 Å². The molecule has 4 heteroatoms. The van der Waals surface area contributed by atoms with Crippen LogP contribution in [0.3, 0.4) is 0 Å². The Kier molecular flexibility index (Phi) is 4.62. The lowest BCUT2D eigenvalue weighted by Crippen LogP contribution is -2.42. The van der Waals surface area contributed by atoms with Crippen LogP contribution in [-0.4, -0.2) is 54.1 Å². The zero-order valence-electron chi connectivity index (χ0n) is 12.0. The molecule has 104 valence electrons. The quantitative estimate of drug-likeness (QED) is 0.745. The molecule has 1 aliphatic heterocycles. The summed E-state index contributed by atoms with van der Waals surface area (Å²) in [6.45, 7) is 6.15. The second-order valence-electron chi connectivity index (χ2n) is 5.68. The molecule has 0 aromatic carbocycles. The van der Waals surface area contributed by atoms with Gasteiger partial charge in [-0.15, -0.1) is 0 Å². The average molecular weight is 253 g/mol. The molecule has 1 saturated heterocycles. The maximum Gasteiger partial charge on any atom is 0.241 e. The third kappa shape index (κ3) is 3.04. The standard InChI is InChI=1S/C14H27N3O/c1-4-6-13-15-12(5-2)14(18)17(13)10-9-16(3)11-7-8-11/h11-13,15H,4-10H2,1-3H3. The molecular weight excluding hydrogens is 226 g/mol. The fourth-order valence-electron chi connectivity index (χ4n) is 2.78. The Hall–Kier alpha value is -0.610. The molecule has 2 unspecified atom stereocenters. The Labute approximate surface area is 111 Å². The molecule has 1 heterocycles. The number of hydrogen-bond acceptors (Lipinski definition) is 3. The van der Waals surface area contributed by atoms with E-state index < -0.39 is 0 Å². The van der Waals surface area contributed by atoms with Gasteiger partial charge in [-0.3, -0.25) is 10.1 Å². The second kappa shape index (κ2) is 6.02. The predicted octanol–water partition coefficient (Wildman–Crippen LogP) is 1.42. The molecule has 1 saturated carbocycles. The van der Waals surface area contributed by atoms with E-state index in [0.717, 1.165) is 38.4 Å². The highest BCUT2D eigenvalue weighted by atomic mass is 16.2. The van der Waals surface area contributed by atoms with Crippen molar-refractivity contribution in [2.24, 2.45) is 0 Å². The predicted molar refractivity (Wildman–Crippen MR) is 73.3 cm³/mol. The first-order valence-electron chi connectivity index (χ1n) is 7.44. The summed E-state index contributed by atoms with van der Waals surface area (Å²) in [5, 5.41) is 3.47. The highest BCUT2D eigenvalue weighted by molar-refractivity contribution is 5.84. The maximum atomic E-state index is 12.3. The molecular formula is C14H27N3O. The summed E-state index contributed by atoms with van der Waals surface area (Å²) in [6, 6.07) is 0.829. The van der Waals surface area contributed by atoms with Crippen molar-refractivity contribution in [1.82, 2.24) is 15.1 Å². The van der Waals surface area contributed by atoms with Crippen molar-refractivity contribution >= 4 is 5.91 Å². The molecule has 2 aliphatic rings. The summed E-state index contributed by atoms with van der Waals surface area (Å²) in [5.41, 5.74) is 0. The van der Waals surface area contributed by atoms with Gasteiger partial charge in [0.1, 0.15) is 0 Å². The van der Waals surface area contributed by atoms with Gasteiger partial charge in [0.15, 0.2) is 0 Å². The van der Waals surface area contributed by atoms with Gasteiger partial charge in [-0.05, 0) is 32.7 Å². The van der Waals surface area contributed by atoms with Crippen molar-refractivity contribution in [3.8, 4) is 0 Å². The number of nitrogens with zero attached hydrogens (tertiary/aromatic N) is 2. The van der Waals surface area contributed by atoms with Crippen LogP contribution in [0.25, 0.3) is 0 Å². The first-order valence-corrected chi connectivity index (χ1v) is 7.44. The van der Waals surface area contributed by atoms with Crippen molar-refractivity contribution in [2.75, 3.05) is 20.1 Å². The molecule has 2 fully saturated rings. The highest BCUT2D eigenvalue weighted by Crippen LogP contribution is 2.25. The van der Waals surface area contributed by atoms with E-state index in [9.17, 15) is 4.79 Å². The van der Waals surface area contributed by atoms with Gasteiger partial charge in [0.2, 0.25) is 5.91 Å². The van der Waals surface area contributed by atoms with Gasteiger partial charge in [0.05, 0.1) is 12.2 Å². The van der Waals surface area contributed by atoms with Gasteiger partial charge in [-0.1, -0.05) is 20.3 Å². The smallest absolute Gasteiger partial charge is 0.241 e. The summed E-state index contributed by atoms with van der Waals surface area (Å²) in [7, 11) is 2.18. The molecule has 1 aliphatic carbocycles. The number of carbonyl (C=O) groups is 1. The Morgan fingerprint density at radius 3 is 2.67 bits per heavy atom. The molecule has 1 amide bonds. The lowest BCUT2D eigenvalue weighted by molar-refractivity contribution is -0.130. The third-order valence-electron chi connectivity index (χ3n) is 4.19. The van der Waals surface area contributed by atoms with Crippen molar-refractivity contribution < 1.29 is 4.79 Å². The first-order chi connectivity index (χ1) is 8.67. The summed E-state index contributed by atoms with van der Waals surface area (Å²) in [5.74, 6) is 0.306. The molecule has 18 heavy (non-hydrogen) atoms. The Bertz CT molecular complexity index is 291.